The maximum Gasteiger partial charge on any atom is 0.310 e. The first-order valence-electron chi connectivity index (χ1n) is 8.94. The molecule has 1 N–H and O–H groups in total. The monoisotopic (exact) mass is 347 g/mol. The summed E-state index contributed by atoms with van der Waals surface area (Å²) < 4.78 is 5.27. The zero-order chi connectivity index (χ0) is 19.3. The highest BCUT2D eigenvalue weighted by molar-refractivity contribution is 5.75. The van der Waals surface area contributed by atoms with Gasteiger partial charge in [0.1, 0.15) is 0 Å². The van der Waals surface area contributed by atoms with Gasteiger partial charge in [0.25, 0.3) is 0 Å². The quantitative estimate of drug-likeness (QED) is 0.627. The first-order valence-corrected chi connectivity index (χ1v) is 8.94. The van der Waals surface area contributed by atoms with E-state index in [-0.39, 0.29) is 35.7 Å². The number of benzene rings is 1. The number of carbonyl (C=O) groups excluding carboxylic acids is 2. The van der Waals surface area contributed by atoms with Gasteiger partial charge in [0.05, 0.1) is 13.0 Å². The van der Waals surface area contributed by atoms with Crippen LogP contribution in [0.4, 0.5) is 0 Å². The van der Waals surface area contributed by atoms with E-state index in [1.165, 1.54) is 11.1 Å². The van der Waals surface area contributed by atoms with Crippen LogP contribution in [0.25, 0.3) is 0 Å². The summed E-state index contributed by atoms with van der Waals surface area (Å²) in [5.74, 6) is -0.286. The molecule has 0 aliphatic heterocycles. The molecule has 1 rings (SSSR count). The molecule has 25 heavy (non-hydrogen) atoms. The number of nitrogens with one attached hydrogen (secondary N) is 1. The molecule has 0 bridgehead atoms. The van der Waals surface area contributed by atoms with Gasteiger partial charge in [-0.05, 0) is 33.9 Å². The van der Waals surface area contributed by atoms with Crippen LogP contribution in [0.3, 0.4) is 0 Å². The lowest BCUT2D eigenvalue weighted by Gasteiger charge is -2.26. The van der Waals surface area contributed by atoms with E-state index in [0.29, 0.717) is 12.8 Å². The van der Waals surface area contributed by atoms with Crippen molar-refractivity contribution in [1.29, 1.82) is 0 Å². The molecule has 1 aromatic carbocycles. The normalized spacial score (nSPS) is 12.0. The Kier molecular flexibility index (Phi) is 7.21. The Balaban J connectivity index is 2.80. The summed E-state index contributed by atoms with van der Waals surface area (Å²) in [5, 5.41) is 2.55. The minimum Gasteiger partial charge on any atom is -0.465 e. The molecule has 0 atom stereocenters. The van der Waals surface area contributed by atoms with E-state index >= 15 is 0 Å². The molecule has 0 aromatic heterocycles. The van der Waals surface area contributed by atoms with Gasteiger partial charge in [-0.2, -0.15) is 0 Å². The number of hydrogen-bond acceptors (Lipinski definition) is 3. The summed E-state index contributed by atoms with van der Waals surface area (Å²) in [7, 11) is 1.60. The lowest BCUT2D eigenvalue weighted by atomic mass is 9.79. The van der Waals surface area contributed by atoms with Gasteiger partial charge in [-0.3, -0.25) is 9.59 Å². The highest BCUT2D eigenvalue weighted by Gasteiger charge is 2.21. The van der Waals surface area contributed by atoms with Gasteiger partial charge in [-0.15, -0.1) is 0 Å². The van der Waals surface area contributed by atoms with Crippen LogP contribution in [0.5, 0.6) is 0 Å². The lowest BCUT2D eigenvalue weighted by Crippen LogP contribution is -2.19. The fraction of sp³-hybridized carbons (Fsp3) is 0.619. The minimum atomic E-state index is -0.247. The van der Waals surface area contributed by atoms with Crippen molar-refractivity contribution in [1.82, 2.24) is 5.32 Å². The van der Waals surface area contributed by atoms with Gasteiger partial charge in [-0.25, -0.2) is 0 Å². The van der Waals surface area contributed by atoms with Crippen LogP contribution < -0.4 is 5.32 Å². The summed E-state index contributed by atoms with van der Waals surface area (Å²) in [6.07, 6.45) is 1.17. The smallest absolute Gasteiger partial charge is 0.310 e. The van der Waals surface area contributed by atoms with Crippen molar-refractivity contribution in [3.05, 3.63) is 34.9 Å². The minimum absolute atomic E-state index is 0.0213. The molecule has 0 fully saturated rings. The van der Waals surface area contributed by atoms with Crippen molar-refractivity contribution in [3.8, 4) is 0 Å². The van der Waals surface area contributed by atoms with E-state index in [9.17, 15) is 9.59 Å². The van der Waals surface area contributed by atoms with E-state index in [4.69, 9.17) is 4.74 Å². The fourth-order valence-corrected chi connectivity index (χ4v) is 2.42. The van der Waals surface area contributed by atoms with Gasteiger partial charge in [0, 0.05) is 13.5 Å². The first-order chi connectivity index (χ1) is 11.4. The number of ether oxygens (including phenoxy) is 1. The molecule has 0 saturated carbocycles. The molecule has 0 radical (unpaired) electrons. The number of esters is 1. The summed E-state index contributed by atoms with van der Waals surface area (Å²) in [5.41, 5.74) is 3.47. The van der Waals surface area contributed by atoms with Gasteiger partial charge in [-0.1, -0.05) is 59.7 Å². The highest BCUT2D eigenvalue weighted by Crippen LogP contribution is 2.30. The van der Waals surface area contributed by atoms with Crippen molar-refractivity contribution in [2.75, 3.05) is 13.7 Å². The second-order valence-electron chi connectivity index (χ2n) is 8.59. The average Bonchev–Trinajstić information content (AvgIpc) is 2.49. The Bertz CT molecular complexity index is 574. The van der Waals surface area contributed by atoms with Crippen LogP contribution in [0.1, 0.15) is 71.1 Å². The molecule has 140 valence electrons. The van der Waals surface area contributed by atoms with Crippen LogP contribution in [0.2, 0.25) is 0 Å². The standard InChI is InChI=1S/C21H33NO3/c1-20(2,3)16-11-15(12-17(14-16)21(4,5)6)13-19(24)25-10-8-9-18(23)22-7/h11-12,14H,8-10,13H2,1-7H3,(H,22,23). The molecule has 0 unspecified atom stereocenters. The largest absolute Gasteiger partial charge is 0.465 e. The maximum absolute atomic E-state index is 12.1. The molecule has 0 heterocycles. The van der Waals surface area contributed by atoms with Crippen molar-refractivity contribution in [2.45, 2.75) is 71.6 Å². The van der Waals surface area contributed by atoms with Crippen LogP contribution >= 0.6 is 0 Å². The average molecular weight is 347 g/mol. The van der Waals surface area contributed by atoms with Crippen molar-refractivity contribution >= 4 is 11.9 Å². The molecule has 4 nitrogen and oxygen atoms in total. The first kappa shape index (κ1) is 21.2. The third kappa shape index (κ3) is 7.29. The molecule has 1 amide bonds. The SMILES string of the molecule is CNC(=O)CCCOC(=O)Cc1cc(C(C)(C)C)cc(C(C)(C)C)c1. The fourth-order valence-electron chi connectivity index (χ4n) is 2.42. The Morgan fingerprint density at radius 3 is 1.92 bits per heavy atom. The molecule has 4 heteroatoms. The number of hydrogen-bond donors (Lipinski definition) is 1. The van der Waals surface area contributed by atoms with Crippen LogP contribution in [-0.2, 0) is 31.6 Å². The van der Waals surface area contributed by atoms with Crippen molar-refractivity contribution < 1.29 is 14.3 Å². The second kappa shape index (κ2) is 8.50. The van der Waals surface area contributed by atoms with E-state index in [1.54, 1.807) is 7.05 Å². The Morgan fingerprint density at radius 2 is 1.48 bits per heavy atom. The van der Waals surface area contributed by atoms with Gasteiger partial charge in [0.2, 0.25) is 5.91 Å². The Morgan fingerprint density at radius 1 is 0.960 bits per heavy atom. The van der Waals surface area contributed by atoms with E-state index in [0.717, 1.165) is 5.56 Å². The Hall–Kier alpha value is -1.84. The zero-order valence-electron chi connectivity index (χ0n) is 16.8. The van der Waals surface area contributed by atoms with Gasteiger partial charge in [0.15, 0.2) is 0 Å². The summed E-state index contributed by atoms with van der Waals surface area (Å²) >= 11 is 0. The molecule has 0 aliphatic carbocycles. The molecular weight excluding hydrogens is 314 g/mol. The topological polar surface area (TPSA) is 55.4 Å². The van der Waals surface area contributed by atoms with Crippen LogP contribution in [-0.4, -0.2) is 25.5 Å². The number of rotatable bonds is 6. The third-order valence-electron chi connectivity index (χ3n) is 4.16. The predicted molar refractivity (Wildman–Crippen MR) is 102 cm³/mol. The molecule has 0 aliphatic rings. The molecular formula is C21H33NO3. The van der Waals surface area contributed by atoms with Gasteiger partial charge >= 0.3 is 5.97 Å². The second-order valence-corrected chi connectivity index (χ2v) is 8.59. The van der Waals surface area contributed by atoms with E-state index < -0.39 is 0 Å². The van der Waals surface area contributed by atoms with Crippen molar-refractivity contribution in [2.24, 2.45) is 0 Å². The number of carbonyl (C=O) groups is 2. The maximum atomic E-state index is 12.1. The van der Waals surface area contributed by atoms with Crippen LogP contribution in [0, 0.1) is 0 Å². The summed E-state index contributed by atoms with van der Waals surface area (Å²) in [6, 6.07) is 6.43. The zero-order valence-corrected chi connectivity index (χ0v) is 16.8. The molecule has 0 spiro atoms. The third-order valence-corrected chi connectivity index (χ3v) is 4.16. The Labute approximate surface area is 152 Å². The lowest BCUT2D eigenvalue weighted by molar-refractivity contribution is -0.143. The predicted octanol–water partition coefficient (Wildman–Crippen LogP) is 3.89. The van der Waals surface area contributed by atoms with Gasteiger partial charge < -0.3 is 10.1 Å². The van der Waals surface area contributed by atoms with E-state index in [2.05, 4.69) is 65.1 Å². The van der Waals surface area contributed by atoms with Crippen molar-refractivity contribution in [3.63, 3.8) is 0 Å². The summed E-state index contributed by atoms with van der Waals surface area (Å²) in [4.78, 5) is 23.3. The summed E-state index contributed by atoms with van der Waals surface area (Å²) in [6.45, 7) is 13.3. The molecule has 1 aromatic rings. The molecule has 0 saturated heterocycles. The highest BCUT2D eigenvalue weighted by atomic mass is 16.5. The van der Waals surface area contributed by atoms with Crippen LogP contribution in [0.15, 0.2) is 18.2 Å². The number of amides is 1. The van der Waals surface area contributed by atoms with E-state index in [1.807, 2.05) is 0 Å².